The molecule has 0 bridgehead atoms. The summed E-state index contributed by atoms with van der Waals surface area (Å²) in [6.07, 6.45) is 1.88. The Hall–Kier alpha value is 0.297. The summed E-state index contributed by atoms with van der Waals surface area (Å²) in [5.41, 5.74) is 0. The first-order valence-electron chi connectivity index (χ1n) is 2.03. The minimum absolute atomic E-state index is 0. The molecule has 0 aliphatic heterocycles. The van der Waals surface area contributed by atoms with Crippen molar-refractivity contribution in [3.8, 4) is 0 Å². The van der Waals surface area contributed by atoms with Crippen LogP contribution in [-0.4, -0.2) is 44.4 Å². The summed E-state index contributed by atoms with van der Waals surface area (Å²) in [5.74, 6) is 0. The van der Waals surface area contributed by atoms with Gasteiger partial charge in [-0.1, -0.05) is 6.08 Å². The van der Waals surface area contributed by atoms with Crippen LogP contribution < -0.4 is 0 Å². The Balaban J connectivity index is 0. The van der Waals surface area contributed by atoms with E-state index in [1.54, 1.807) is 0 Å². The molecule has 0 fully saturated rings. The standard InChI is InChI=1S/C5H11N.Li.H/c1-4-5-6(2)3;;/h4H,1,5H2,2-3H3;;. The van der Waals surface area contributed by atoms with Crippen LogP contribution in [0, 0.1) is 0 Å². The van der Waals surface area contributed by atoms with Crippen LogP contribution in [0.5, 0.6) is 0 Å². The van der Waals surface area contributed by atoms with Crippen molar-refractivity contribution < 1.29 is 0 Å². The van der Waals surface area contributed by atoms with E-state index in [1.807, 2.05) is 20.2 Å². The predicted molar refractivity (Wildman–Crippen MR) is 35.9 cm³/mol. The second-order valence-electron chi connectivity index (χ2n) is 1.55. The fourth-order valence-electron chi connectivity index (χ4n) is 0.258. The molecule has 0 amide bonds. The predicted octanol–water partition coefficient (Wildman–Crippen LogP) is 0.0855. The molecule has 0 atom stereocenters. The first kappa shape index (κ1) is 10.3. The fourth-order valence-corrected chi connectivity index (χ4v) is 0.258. The Bertz CT molecular complexity index is 43.3. The van der Waals surface area contributed by atoms with Crippen LogP contribution >= 0.6 is 0 Å². The van der Waals surface area contributed by atoms with Crippen molar-refractivity contribution in [3.63, 3.8) is 0 Å². The molecule has 0 N–H and O–H groups in total. The molecule has 0 aromatic rings. The molecule has 0 heterocycles. The second kappa shape index (κ2) is 6.30. The van der Waals surface area contributed by atoms with Crippen LogP contribution in [0.3, 0.4) is 0 Å². The number of likely N-dealkylation sites (N-methyl/N-ethyl adjacent to an activating group) is 1. The van der Waals surface area contributed by atoms with Crippen LogP contribution in [0.25, 0.3) is 0 Å². The van der Waals surface area contributed by atoms with Gasteiger partial charge in [0.15, 0.2) is 0 Å². The topological polar surface area (TPSA) is 3.24 Å². The number of hydrogen-bond acceptors (Lipinski definition) is 1. The quantitative estimate of drug-likeness (QED) is 0.345. The van der Waals surface area contributed by atoms with Gasteiger partial charge in [0.2, 0.25) is 0 Å². The monoisotopic (exact) mass is 93.1 g/mol. The Labute approximate surface area is 57.6 Å². The van der Waals surface area contributed by atoms with Crippen LogP contribution in [0.15, 0.2) is 12.7 Å². The van der Waals surface area contributed by atoms with Crippen molar-refractivity contribution in [1.29, 1.82) is 0 Å². The maximum atomic E-state index is 3.56. The van der Waals surface area contributed by atoms with Gasteiger partial charge in [0.1, 0.15) is 0 Å². The van der Waals surface area contributed by atoms with Crippen molar-refractivity contribution in [1.82, 2.24) is 4.90 Å². The molecule has 0 saturated heterocycles. The number of hydrogen-bond donors (Lipinski definition) is 0. The zero-order valence-corrected chi connectivity index (χ0v) is 4.44. The third-order valence-electron chi connectivity index (χ3n) is 0.494. The normalized spacial score (nSPS) is 7.86. The van der Waals surface area contributed by atoms with Gasteiger partial charge in [-0.05, 0) is 14.1 Å². The van der Waals surface area contributed by atoms with Gasteiger partial charge in [0.05, 0.1) is 0 Å². The average Bonchev–Trinajstić information content (AvgIpc) is 1.35. The fraction of sp³-hybridized carbons (Fsp3) is 0.600. The Morgan fingerprint density at radius 3 is 2.00 bits per heavy atom. The van der Waals surface area contributed by atoms with Crippen molar-refractivity contribution >= 4 is 18.9 Å². The van der Waals surface area contributed by atoms with E-state index < -0.39 is 0 Å². The molecular formula is C5H12LiN. The van der Waals surface area contributed by atoms with Crippen molar-refractivity contribution in [2.45, 2.75) is 0 Å². The Kier molecular flexibility index (Phi) is 9.28. The summed E-state index contributed by atoms with van der Waals surface area (Å²) in [5, 5.41) is 0. The molecule has 0 saturated carbocycles. The second-order valence-corrected chi connectivity index (χ2v) is 1.55. The van der Waals surface area contributed by atoms with E-state index in [9.17, 15) is 0 Å². The summed E-state index contributed by atoms with van der Waals surface area (Å²) >= 11 is 0. The van der Waals surface area contributed by atoms with Crippen LogP contribution in [-0.2, 0) is 0 Å². The Morgan fingerprint density at radius 1 is 1.57 bits per heavy atom. The molecule has 38 valence electrons. The SMILES string of the molecule is C=CCN(C)C.[LiH]. The third-order valence-corrected chi connectivity index (χ3v) is 0.494. The zero-order chi connectivity index (χ0) is 4.99. The zero-order valence-electron chi connectivity index (χ0n) is 4.44. The van der Waals surface area contributed by atoms with Crippen molar-refractivity contribution in [2.24, 2.45) is 0 Å². The molecule has 0 aliphatic carbocycles. The van der Waals surface area contributed by atoms with E-state index in [0.29, 0.717) is 0 Å². The summed E-state index contributed by atoms with van der Waals surface area (Å²) in [4.78, 5) is 2.06. The molecule has 0 unspecified atom stereocenters. The number of nitrogens with zero attached hydrogens (tertiary/aromatic N) is 1. The molecule has 0 aromatic carbocycles. The number of rotatable bonds is 2. The van der Waals surface area contributed by atoms with Gasteiger partial charge in [-0.25, -0.2) is 0 Å². The van der Waals surface area contributed by atoms with Gasteiger partial charge in [-0.2, -0.15) is 0 Å². The first-order valence-corrected chi connectivity index (χ1v) is 2.03. The summed E-state index contributed by atoms with van der Waals surface area (Å²) in [6, 6.07) is 0. The van der Waals surface area contributed by atoms with Crippen LogP contribution in [0.4, 0.5) is 0 Å². The molecule has 1 nitrogen and oxygen atoms in total. The third kappa shape index (κ3) is 10.7. The summed E-state index contributed by atoms with van der Waals surface area (Å²) in [6.45, 7) is 4.53. The average molecular weight is 93.1 g/mol. The van der Waals surface area contributed by atoms with Gasteiger partial charge >= 0.3 is 18.9 Å². The molecule has 0 radical (unpaired) electrons. The summed E-state index contributed by atoms with van der Waals surface area (Å²) < 4.78 is 0. The van der Waals surface area contributed by atoms with Gasteiger partial charge in [-0.15, -0.1) is 6.58 Å². The van der Waals surface area contributed by atoms with E-state index in [0.717, 1.165) is 6.54 Å². The van der Waals surface area contributed by atoms with Gasteiger partial charge in [0.25, 0.3) is 0 Å². The van der Waals surface area contributed by atoms with Crippen molar-refractivity contribution in [2.75, 3.05) is 20.6 Å². The minimum atomic E-state index is 0. The van der Waals surface area contributed by atoms with Crippen LogP contribution in [0.2, 0.25) is 0 Å². The van der Waals surface area contributed by atoms with Crippen LogP contribution in [0.1, 0.15) is 0 Å². The van der Waals surface area contributed by atoms with Crippen molar-refractivity contribution in [3.05, 3.63) is 12.7 Å². The molecular weight excluding hydrogens is 81.0 g/mol. The Morgan fingerprint density at radius 2 is 2.00 bits per heavy atom. The molecule has 0 rings (SSSR count). The summed E-state index contributed by atoms with van der Waals surface area (Å²) in [7, 11) is 4.03. The van der Waals surface area contributed by atoms with Gasteiger partial charge < -0.3 is 4.90 Å². The van der Waals surface area contributed by atoms with Gasteiger partial charge in [-0.3, -0.25) is 0 Å². The van der Waals surface area contributed by atoms with E-state index in [2.05, 4.69) is 11.5 Å². The van der Waals surface area contributed by atoms with Gasteiger partial charge in [0, 0.05) is 6.54 Å². The first-order chi connectivity index (χ1) is 2.77. The molecule has 0 aromatic heterocycles. The molecule has 0 spiro atoms. The maximum absolute atomic E-state index is 3.56. The van der Waals surface area contributed by atoms with E-state index >= 15 is 0 Å². The molecule has 0 aliphatic rings. The molecule has 7 heavy (non-hydrogen) atoms. The van der Waals surface area contributed by atoms with E-state index in [-0.39, 0.29) is 18.9 Å². The van der Waals surface area contributed by atoms with E-state index in [1.165, 1.54) is 0 Å². The molecule has 2 heteroatoms. The van der Waals surface area contributed by atoms with E-state index in [4.69, 9.17) is 0 Å².